The Morgan fingerprint density at radius 1 is 1.86 bits per heavy atom. The molecule has 0 aliphatic carbocycles. The van der Waals surface area contributed by atoms with Gasteiger partial charge < -0.3 is 4.74 Å². The van der Waals surface area contributed by atoms with Crippen LogP contribution in [-0.2, 0) is 4.74 Å². The molecule has 42 valence electrons. The number of alkyl halides is 1. The third-order valence-corrected chi connectivity index (χ3v) is 1.89. The Hall–Kier alpha value is 0.620. The summed E-state index contributed by atoms with van der Waals surface area (Å²) >= 11 is 6.90. The number of thiocarbonyl (C=S) groups is 1. The molecule has 0 aromatic heterocycles. The molecule has 0 bridgehead atoms. The zero-order chi connectivity index (χ0) is 5.70. The molecule has 0 atom stereocenters. The van der Waals surface area contributed by atoms with E-state index in [0.717, 1.165) is 4.43 Å². The molecule has 0 fully saturated rings. The number of ether oxygens (including phenoxy) is 1. The number of halogens is 1. The maximum atomic E-state index is 4.91. The van der Waals surface area contributed by atoms with Crippen LogP contribution in [0.2, 0.25) is 0 Å². The summed E-state index contributed by atoms with van der Waals surface area (Å²) in [4.78, 5) is 0. The van der Waals surface area contributed by atoms with E-state index in [1.54, 1.807) is 0 Å². The highest BCUT2D eigenvalue weighted by Crippen LogP contribution is 1.87. The Morgan fingerprint density at radius 2 is 2.43 bits per heavy atom. The fraction of sp³-hybridized carbons (Fsp3) is 0.750. The van der Waals surface area contributed by atoms with Crippen LogP contribution >= 0.6 is 34.8 Å². The van der Waals surface area contributed by atoms with Gasteiger partial charge in [0.1, 0.15) is 0 Å². The predicted molar refractivity (Wildman–Crippen MR) is 43.1 cm³/mol. The zero-order valence-corrected chi connectivity index (χ0v) is 7.08. The van der Waals surface area contributed by atoms with Crippen LogP contribution in [0.1, 0.15) is 6.92 Å². The molecular weight excluding hydrogens is 223 g/mol. The van der Waals surface area contributed by atoms with Crippen molar-refractivity contribution >= 4 is 39.9 Å². The average molecular weight is 230 g/mol. The second-order valence-electron chi connectivity index (χ2n) is 0.939. The van der Waals surface area contributed by atoms with Crippen LogP contribution in [0, 0.1) is 0 Å². The molecule has 0 N–H and O–H groups in total. The van der Waals surface area contributed by atoms with E-state index in [-0.39, 0.29) is 0 Å². The second-order valence-corrected chi connectivity index (χ2v) is 2.16. The minimum atomic E-state index is 0.696. The summed E-state index contributed by atoms with van der Waals surface area (Å²) in [5.41, 5.74) is 0. The molecule has 0 radical (unpaired) electrons. The van der Waals surface area contributed by atoms with E-state index >= 15 is 0 Å². The van der Waals surface area contributed by atoms with Gasteiger partial charge in [-0.1, -0.05) is 22.6 Å². The predicted octanol–water partition coefficient (Wildman–Crippen LogP) is 1.79. The van der Waals surface area contributed by atoms with Crippen LogP contribution < -0.4 is 0 Å². The van der Waals surface area contributed by atoms with E-state index < -0.39 is 0 Å². The van der Waals surface area contributed by atoms with Gasteiger partial charge in [0.25, 0.3) is 0 Å². The van der Waals surface area contributed by atoms with Crippen molar-refractivity contribution in [1.29, 1.82) is 0 Å². The highest BCUT2D eigenvalue weighted by molar-refractivity contribution is 14.1. The van der Waals surface area contributed by atoms with Crippen LogP contribution in [0.25, 0.3) is 0 Å². The molecule has 0 unspecified atom stereocenters. The van der Waals surface area contributed by atoms with E-state index in [9.17, 15) is 0 Å². The van der Waals surface area contributed by atoms with Gasteiger partial charge >= 0.3 is 0 Å². The Labute approximate surface area is 62.6 Å². The normalized spacial score (nSPS) is 8.29. The molecule has 0 aromatic carbocycles. The Kier molecular flexibility index (Phi) is 5.19. The molecule has 0 aromatic rings. The van der Waals surface area contributed by atoms with Gasteiger partial charge in [0.15, 0.2) is 5.05 Å². The van der Waals surface area contributed by atoms with Crippen LogP contribution in [0.5, 0.6) is 0 Å². The quantitative estimate of drug-likeness (QED) is 0.406. The molecule has 1 nitrogen and oxygen atoms in total. The monoisotopic (exact) mass is 230 g/mol. The molecule has 3 heteroatoms. The molecule has 0 heterocycles. The Bertz CT molecular complexity index is 64.7. The van der Waals surface area contributed by atoms with E-state index in [4.69, 9.17) is 17.0 Å². The summed E-state index contributed by atoms with van der Waals surface area (Å²) in [5.74, 6) is 0. The fourth-order valence-corrected chi connectivity index (χ4v) is 0.538. The number of hydrogen-bond acceptors (Lipinski definition) is 2. The lowest BCUT2D eigenvalue weighted by molar-refractivity contribution is 0.335. The van der Waals surface area contributed by atoms with Gasteiger partial charge in [0.2, 0.25) is 0 Å². The number of rotatable bonds is 2. The van der Waals surface area contributed by atoms with E-state index in [1.807, 2.05) is 6.92 Å². The van der Waals surface area contributed by atoms with Crippen molar-refractivity contribution in [3.05, 3.63) is 0 Å². The van der Waals surface area contributed by atoms with Crippen molar-refractivity contribution in [3.8, 4) is 0 Å². The third kappa shape index (κ3) is 4.47. The molecule has 0 aliphatic rings. The van der Waals surface area contributed by atoms with E-state index in [0.29, 0.717) is 11.7 Å². The molecule has 0 spiro atoms. The standard InChI is InChI=1S/C4H7IOS/c1-2-6-4(7)3-5/h2-3H2,1H3. The zero-order valence-electron chi connectivity index (χ0n) is 4.11. The van der Waals surface area contributed by atoms with Crippen LogP contribution in [0.15, 0.2) is 0 Å². The highest BCUT2D eigenvalue weighted by Gasteiger charge is 1.86. The Morgan fingerprint density at radius 3 is 2.57 bits per heavy atom. The first-order chi connectivity index (χ1) is 3.31. The van der Waals surface area contributed by atoms with Crippen molar-refractivity contribution in [2.75, 3.05) is 11.0 Å². The molecule has 0 saturated heterocycles. The van der Waals surface area contributed by atoms with Crippen LogP contribution in [0.3, 0.4) is 0 Å². The van der Waals surface area contributed by atoms with Crippen molar-refractivity contribution in [2.45, 2.75) is 6.92 Å². The fourth-order valence-electron chi connectivity index (χ4n) is 0.200. The van der Waals surface area contributed by atoms with Crippen LogP contribution in [0.4, 0.5) is 0 Å². The summed E-state index contributed by atoms with van der Waals surface area (Å²) < 4.78 is 5.74. The molecule has 0 saturated carbocycles. The van der Waals surface area contributed by atoms with Gasteiger partial charge in [-0.2, -0.15) is 0 Å². The lowest BCUT2D eigenvalue weighted by atomic mass is 10.8. The first-order valence-corrected chi connectivity index (χ1v) is 3.96. The molecule has 7 heavy (non-hydrogen) atoms. The van der Waals surface area contributed by atoms with Gasteiger partial charge in [-0.3, -0.25) is 0 Å². The van der Waals surface area contributed by atoms with Gasteiger partial charge in [0.05, 0.1) is 11.0 Å². The lowest BCUT2D eigenvalue weighted by Crippen LogP contribution is -2.00. The summed E-state index contributed by atoms with van der Waals surface area (Å²) in [5, 5.41) is 0.697. The second kappa shape index (κ2) is 4.77. The van der Waals surface area contributed by atoms with Crippen molar-refractivity contribution in [3.63, 3.8) is 0 Å². The van der Waals surface area contributed by atoms with Crippen molar-refractivity contribution in [1.82, 2.24) is 0 Å². The Balaban J connectivity index is 3.00. The molecule has 0 rings (SSSR count). The minimum absolute atomic E-state index is 0.696. The minimum Gasteiger partial charge on any atom is -0.487 e. The molecule has 0 aliphatic heterocycles. The van der Waals surface area contributed by atoms with Crippen molar-refractivity contribution < 1.29 is 4.74 Å². The summed E-state index contributed by atoms with van der Waals surface area (Å²) in [6.45, 7) is 2.63. The largest absolute Gasteiger partial charge is 0.487 e. The van der Waals surface area contributed by atoms with E-state index in [1.165, 1.54) is 0 Å². The first-order valence-electron chi connectivity index (χ1n) is 2.02. The summed E-state index contributed by atoms with van der Waals surface area (Å²) in [6, 6.07) is 0. The highest BCUT2D eigenvalue weighted by atomic mass is 127. The maximum Gasteiger partial charge on any atom is 0.169 e. The SMILES string of the molecule is CCOC(=S)CI. The van der Waals surface area contributed by atoms with Gasteiger partial charge in [-0.05, 0) is 19.1 Å². The number of hydrogen-bond donors (Lipinski definition) is 0. The van der Waals surface area contributed by atoms with E-state index in [2.05, 4.69) is 22.6 Å². The summed E-state index contributed by atoms with van der Waals surface area (Å²) in [6.07, 6.45) is 0. The lowest BCUT2D eigenvalue weighted by Gasteiger charge is -1.96. The summed E-state index contributed by atoms with van der Waals surface area (Å²) in [7, 11) is 0. The average Bonchev–Trinajstić information content (AvgIpc) is 1.68. The van der Waals surface area contributed by atoms with Crippen LogP contribution in [-0.4, -0.2) is 16.1 Å². The maximum absolute atomic E-state index is 4.91. The van der Waals surface area contributed by atoms with Crippen molar-refractivity contribution in [2.24, 2.45) is 0 Å². The topological polar surface area (TPSA) is 9.23 Å². The van der Waals surface area contributed by atoms with Gasteiger partial charge in [-0.15, -0.1) is 0 Å². The molecular formula is C4H7IOS. The third-order valence-electron chi connectivity index (χ3n) is 0.414. The van der Waals surface area contributed by atoms with Gasteiger partial charge in [-0.25, -0.2) is 0 Å². The molecule has 0 amide bonds. The smallest absolute Gasteiger partial charge is 0.169 e. The van der Waals surface area contributed by atoms with Gasteiger partial charge in [0, 0.05) is 0 Å². The first kappa shape index (κ1) is 7.62.